The number of fused-ring (bicyclic) bond motifs is 1. The molecule has 0 aromatic heterocycles. The lowest BCUT2D eigenvalue weighted by Crippen LogP contribution is -2.09. The van der Waals surface area contributed by atoms with E-state index in [1.807, 2.05) is 0 Å². The van der Waals surface area contributed by atoms with Crippen LogP contribution in [0.15, 0.2) is 60.7 Å². The number of carbonyl (C=O) groups excluding carboxylic acids is 1. The molecule has 3 aromatic rings. The summed E-state index contributed by atoms with van der Waals surface area (Å²) in [6, 6.07) is 16.5. The summed E-state index contributed by atoms with van der Waals surface area (Å²) in [6.45, 7) is 2.30. The molecule has 2 atom stereocenters. The average Bonchev–Trinajstić information content (AvgIpc) is 3.63. The molecule has 2 nitrogen and oxygen atoms in total. The molecule has 2 aliphatic rings. The molecular formula is C24H17F3O2. The van der Waals surface area contributed by atoms with Crippen molar-refractivity contribution in [1.29, 1.82) is 0 Å². The number of hydrogen-bond acceptors (Lipinski definition) is 2. The van der Waals surface area contributed by atoms with Gasteiger partial charge in [0, 0.05) is 12.1 Å². The zero-order chi connectivity index (χ0) is 20.3. The van der Waals surface area contributed by atoms with E-state index in [4.69, 9.17) is 4.74 Å². The Hall–Kier alpha value is -3.08. The maximum absolute atomic E-state index is 13.3. The summed E-state index contributed by atoms with van der Waals surface area (Å²) in [5.74, 6) is -2.21. The third kappa shape index (κ3) is 3.11. The Morgan fingerprint density at radius 2 is 1.34 bits per heavy atom. The Morgan fingerprint density at radius 1 is 0.828 bits per heavy atom. The van der Waals surface area contributed by atoms with Crippen LogP contribution in [-0.4, -0.2) is 5.97 Å². The van der Waals surface area contributed by atoms with Crippen molar-refractivity contribution in [1.82, 2.24) is 0 Å². The summed E-state index contributed by atoms with van der Waals surface area (Å²) in [7, 11) is 0. The largest absolute Gasteiger partial charge is 0.423 e. The average molecular weight is 394 g/mol. The second-order valence-corrected chi connectivity index (χ2v) is 7.83. The van der Waals surface area contributed by atoms with Crippen LogP contribution in [0, 0.1) is 35.2 Å². The van der Waals surface area contributed by atoms with Crippen molar-refractivity contribution < 1.29 is 22.7 Å². The second kappa shape index (κ2) is 6.48. The molecule has 2 unspecified atom stereocenters. The molecule has 2 saturated carbocycles. The van der Waals surface area contributed by atoms with Crippen molar-refractivity contribution >= 4 is 5.97 Å². The van der Waals surface area contributed by atoms with E-state index in [2.05, 4.69) is 31.2 Å². The van der Waals surface area contributed by atoms with E-state index in [-0.39, 0.29) is 5.56 Å². The van der Waals surface area contributed by atoms with Gasteiger partial charge >= 0.3 is 5.97 Å². The SMILES string of the molecule is CC1C2C(c3ccc(-c4ccc(C(=O)Oc5cc(F)c(F)c(F)c5)cc4)cc3)C12. The van der Waals surface area contributed by atoms with E-state index >= 15 is 0 Å². The molecule has 5 rings (SSSR count). The summed E-state index contributed by atoms with van der Waals surface area (Å²) in [6.07, 6.45) is 0. The highest BCUT2D eigenvalue weighted by Crippen LogP contribution is 2.77. The van der Waals surface area contributed by atoms with E-state index in [1.165, 1.54) is 5.56 Å². The van der Waals surface area contributed by atoms with Gasteiger partial charge in [0.25, 0.3) is 0 Å². The normalized spacial score (nSPS) is 24.0. The number of rotatable bonds is 4. The van der Waals surface area contributed by atoms with Crippen molar-refractivity contribution in [2.75, 3.05) is 0 Å². The van der Waals surface area contributed by atoms with Gasteiger partial charge in [-0.2, -0.15) is 0 Å². The summed E-state index contributed by atoms with van der Waals surface area (Å²) >= 11 is 0. The lowest BCUT2D eigenvalue weighted by molar-refractivity contribution is 0.0733. The molecule has 29 heavy (non-hydrogen) atoms. The van der Waals surface area contributed by atoms with Crippen molar-refractivity contribution in [3.05, 3.63) is 89.2 Å². The molecule has 0 amide bonds. The third-order valence-electron chi connectivity index (χ3n) is 6.12. The van der Waals surface area contributed by atoms with Gasteiger partial charge in [0.05, 0.1) is 5.56 Å². The molecule has 0 saturated heterocycles. The molecular weight excluding hydrogens is 377 g/mol. The first-order valence-electron chi connectivity index (χ1n) is 9.51. The zero-order valence-corrected chi connectivity index (χ0v) is 15.5. The van der Waals surface area contributed by atoms with E-state index in [0.29, 0.717) is 12.1 Å². The first kappa shape index (κ1) is 18.0. The van der Waals surface area contributed by atoms with Crippen LogP contribution >= 0.6 is 0 Å². The molecule has 0 radical (unpaired) electrons. The van der Waals surface area contributed by atoms with Gasteiger partial charge in [0.1, 0.15) is 5.75 Å². The monoisotopic (exact) mass is 394 g/mol. The molecule has 0 aliphatic heterocycles. The lowest BCUT2D eigenvalue weighted by atomic mass is 9.96. The number of carbonyl (C=O) groups is 1. The van der Waals surface area contributed by atoms with Gasteiger partial charge in [0.2, 0.25) is 0 Å². The second-order valence-electron chi connectivity index (χ2n) is 7.83. The fourth-order valence-corrected chi connectivity index (χ4v) is 4.29. The summed E-state index contributed by atoms with van der Waals surface area (Å²) < 4.78 is 44.5. The van der Waals surface area contributed by atoms with Crippen LogP contribution in [-0.2, 0) is 0 Å². The Labute approximate surface area is 165 Å². The van der Waals surface area contributed by atoms with Gasteiger partial charge in [-0.05, 0) is 52.5 Å². The van der Waals surface area contributed by atoms with Crippen LogP contribution in [0.3, 0.4) is 0 Å². The van der Waals surface area contributed by atoms with Gasteiger partial charge in [0.15, 0.2) is 17.5 Å². The Morgan fingerprint density at radius 3 is 1.86 bits per heavy atom. The maximum Gasteiger partial charge on any atom is 0.343 e. The predicted molar refractivity (Wildman–Crippen MR) is 102 cm³/mol. The topological polar surface area (TPSA) is 26.3 Å². The van der Waals surface area contributed by atoms with Crippen LogP contribution in [0.4, 0.5) is 13.2 Å². The Kier molecular flexibility index (Phi) is 4.02. The number of esters is 1. The van der Waals surface area contributed by atoms with Gasteiger partial charge in [-0.15, -0.1) is 0 Å². The molecule has 146 valence electrons. The number of benzene rings is 3. The highest BCUT2D eigenvalue weighted by molar-refractivity contribution is 5.91. The Bertz CT molecular complexity index is 1070. The van der Waals surface area contributed by atoms with Crippen LogP contribution in [0.1, 0.15) is 28.8 Å². The standard InChI is InChI=1S/C24H17F3O2/c1-12-20-21(12)22(20)15-6-2-13(3-7-15)14-4-8-16(9-5-14)24(28)29-17-10-18(25)23(27)19(26)11-17/h2-12,20-22H,1H3. The predicted octanol–water partition coefficient (Wildman–Crippen LogP) is 5.97. The third-order valence-corrected chi connectivity index (χ3v) is 6.12. The zero-order valence-electron chi connectivity index (χ0n) is 15.5. The van der Waals surface area contributed by atoms with Crippen molar-refractivity contribution in [3.8, 4) is 16.9 Å². The van der Waals surface area contributed by atoms with Crippen LogP contribution < -0.4 is 4.74 Å². The van der Waals surface area contributed by atoms with Crippen LogP contribution in [0.2, 0.25) is 0 Å². The van der Waals surface area contributed by atoms with Gasteiger partial charge in [-0.1, -0.05) is 43.3 Å². The molecule has 0 N–H and O–H groups in total. The van der Waals surface area contributed by atoms with E-state index in [1.54, 1.807) is 24.3 Å². The maximum atomic E-state index is 13.3. The van der Waals surface area contributed by atoms with E-state index < -0.39 is 29.2 Å². The highest BCUT2D eigenvalue weighted by atomic mass is 19.2. The number of halogens is 3. The fourth-order valence-electron chi connectivity index (χ4n) is 4.29. The van der Waals surface area contributed by atoms with Crippen molar-refractivity contribution in [2.24, 2.45) is 17.8 Å². The number of ether oxygens (including phenoxy) is 1. The summed E-state index contributed by atoms with van der Waals surface area (Å²) in [5, 5.41) is 0. The van der Waals surface area contributed by atoms with E-state index in [0.717, 1.165) is 34.8 Å². The quantitative estimate of drug-likeness (QED) is 0.310. The first-order chi connectivity index (χ1) is 13.9. The molecule has 2 fully saturated rings. The van der Waals surface area contributed by atoms with Crippen LogP contribution in [0.25, 0.3) is 11.1 Å². The fraction of sp³-hybridized carbons (Fsp3) is 0.208. The molecule has 2 aliphatic carbocycles. The molecule has 5 heteroatoms. The van der Waals surface area contributed by atoms with Gasteiger partial charge in [-0.25, -0.2) is 18.0 Å². The van der Waals surface area contributed by atoms with Gasteiger partial charge < -0.3 is 4.74 Å². The summed E-state index contributed by atoms with van der Waals surface area (Å²) in [5.41, 5.74) is 3.60. The van der Waals surface area contributed by atoms with E-state index in [9.17, 15) is 18.0 Å². The lowest BCUT2D eigenvalue weighted by Gasteiger charge is -2.10. The van der Waals surface area contributed by atoms with Crippen LogP contribution in [0.5, 0.6) is 5.75 Å². The highest BCUT2D eigenvalue weighted by Gasteiger charge is 2.70. The van der Waals surface area contributed by atoms with Crippen molar-refractivity contribution in [3.63, 3.8) is 0 Å². The molecule has 3 aromatic carbocycles. The minimum atomic E-state index is -1.60. The summed E-state index contributed by atoms with van der Waals surface area (Å²) in [4.78, 5) is 12.2. The molecule has 0 heterocycles. The van der Waals surface area contributed by atoms with Gasteiger partial charge in [-0.3, -0.25) is 0 Å². The molecule has 0 spiro atoms. The molecule has 0 bridgehead atoms. The minimum Gasteiger partial charge on any atom is -0.423 e. The Balaban J connectivity index is 1.28. The van der Waals surface area contributed by atoms with Crippen molar-refractivity contribution in [2.45, 2.75) is 12.8 Å². The number of hydrogen-bond donors (Lipinski definition) is 0. The smallest absolute Gasteiger partial charge is 0.343 e. The minimum absolute atomic E-state index is 0.225. The first-order valence-corrected chi connectivity index (χ1v) is 9.51.